The smallest absolute Gasteiger partial charge is 0.222 e. The van der Waals surface area contributed by atoms with E-state index >= 15 is 0 Å². The average molecular weight is 308 g/mol. The van der Waals surface area contributed by atoms with Crippen LogP contribution in [0.4, 0.5) is 0 Å². The molecule has 1 N–H and O–H groups in total. The minimum absolute atomic E-state index is 0.343. The van der Waals surface area contributed by atoms with E-state index in [1.54, 1.807) is 11.3 Å². The van der Waals surface area contributed by atoms with Gasteiger partial charge in [-0.15, -0.1) is 11.3 Å². The molecular formula is C15H24N4OS. The molecule has 3 heterocycles. The SMILES string of the molecule is O=C(CCC1CCNC1)N1CCN(Cc2cscn2)CC1. The molecule has 2 aliphatic heterocycles. The molecule has 6 heteroatoms. The second-order valence-electron chi connectivity index (χ2n) is 6.03. The minimum Gasteiger partial charge on any atom is -0.340 e. The molecule has 21 heavy (non-hydrogen) atoms. The third-order valence-corrected chi connectivity index (χ3v) is 5.16. The van der Waals surface area contributed by atoms with Gasteiger partial charge in [0.25, 0.3) is 0 Å². The number of rotatable bonds is 5. The Morgan fingerprint density at radius 3 is 2.90 bits per heavy atom. The molecule has 1 atom stereocenters. The van der Waals surface area contributed by atoms with E-state index in [0.717, 1.165) is 64.3 Å². The van der Waals surface area contributed by atoms with Crippen LogP contribution in [0, 0.1) is 5.92 Å². The number of carbonyl (C=O) groups excluding carboxylic acids is 1. The first-order valence-corrected chi connectivity index (χ1v) is 8.83. The van der Waals surface area contributed by atoms with Gasteiger partial charge in [0, 0.05) is 44.5 Å². The van der Waals surface area contributed by atoms with Gasteiger partial charge in [0.1, 0.15) is 0 Å². The molecule has 3 rings (SSSR count). The van der Waals surface area contributed by atoms with Crippen LogP contribution in [-0.2, 0) is 11.3 Å². The monoisotopic (exact) mass is 308 g/mol. The zero-order chi connectivity index (χ0) is 14.5. The summed E-state index contributed by atoms with van der Waals surface area (Å²) in [5, 5.41) is 5.47. The van der Waals surface area contributed by atoms with E-state index in [-0.39, 0.29) is 0 Å². The van der Waals surface area contributed by atoms with Gasteiger partial charge in [0.15, 0.2) is 0 Å². The second kappa shape index (κ2) is 7.33. The lowest BCUT2D eigenvalue weighted by atomic mass is 10.0. The first-order valence-electron chi connectivity index (χ1n) is 7.89. The summed E-state index contributed by atoms with van der Waals surface area (Å²) in [6.07, 6.45) is 3.00. The van der Waals surface area contributed by atoms with Crippen molar-refractivity contribution < 1.29 is 4.79 Å². The molecule has 2 saturated heterocycles. The minimum atomic E-state index is 0.343. The van der Waals surface area contributed by atoms with E-state index in [0.29, 0.717) is 11.8 Å². The van der Waals surface area contributed by atoms with Crippen molar-refractivity contribution in [3.05, 3.63) is 16.6 Å². The van der Waals surface area contributed by atoms with Crippen LogP contribution in [0.1, 0.15) is 25.0 Å². The zero-order valence-corrected chi connectivity index (χ0v) is 13.3. The predicted octanol–water partition coefficient (Wildman–Crippen LogP) is 1.18. The summed E-state index contributed by atoms with van der Waals surface area (Å²) >= 11 is 1.64. The molecule has 1 aromatic rings. The maximum Gasteiger partial charge on any atom is 0.222 e. The number of nitrogens with zero attached hydrogens (tertiary/aromatic N) is 3. The summed E-state index contributed by atoms with van der Waals surface area (Å²) in [7, 11) is 0. The Balaban J connectivity index is 1.37. The van der Waals surface area contributed by atoms with Crippen molar-refractivity contribution >= 4 is 17.2 Å². The van der Waals surface area contributed by atoms with Crippen molar-refractivity contribution in [3.8, 4) is 0 Å². The van der Waals surface area contributed by atoms with Gasteiger partial charge in [-0.25, -0.2) is 4.98 Å². The second-order valence-corrected chi connectivity index (χ2v) is 6.75. The molecule has 1 aromatic heterocycles. The highest BCUT2D eigenvalue weighted by atomic mass is 32.1. The molecule has 0 aliphatic carbocycles. The van der Waals surface area contributed by atoms with Crippen LogP contribution in [0.2, 0.25) is 0 Å². The normalized spacial score (nSPS) is 23.6. The van der Waals surface area contributed by atoms with Crippen LogP contribution < -0.4 is 5.32 Å². The van der Waals surface area contributed by atoms with Crippen LogP contribution in [0.25, 0.3) is 0 Å². The van der Waals surface area contributed by atoms with Crippen molar-refractivity contribution in [1.82, 2.24) is 20.1 Å². The Hall–Kier alpha value is -0.980. The molecule has 1 unspecified atom stereocenters. The number of hydrogen-bond acceptors (Lipinski definition) is 5. The van der Waals surface area contributed by atoms with Gasteiger partial charge in [-0.1, -0.05) is 0 Å². The molecule has 0 spiro atoms. The Bertz CT molecular complexity index is 437. The number of amides is 1. The molecule has 5 nitrogen and oxygen atoms in total. The first-order chi connectivity index (χ1) is 10.3. The van der Waals surface area contributed by atoms with E-state index in [9.17, 15) is 4.79 Å². The molecule has 2 fully saturated rings. The third kappa shape index (κ3) is 4.25. The highest BCUT2D eigenvalue weighted by molar-refractivity contribution is 7.07. The Kier molecular flexibility index (Phi) is 5.22. The van der Waals surface area contributed by atoms with Crippen molar-refractivity contribution in [1.29, 1.82) is 0 Å². The molecule has 2 aliphatic rings. The number of thiazole rings is 1. The summed E-state index contributed by atoms with van der Waals surface area (Å²) in [5.41, 5.74) is 3.03. The fourth-order valence-corrected chi connectivity index (χ4v) is 3.70. The summed E-state index contributed by atoms with van der Waals surface area (Å²) in [4.78, 5) is 21.0. The van der Waals surface area contributed by atoms with Crippen LogP contribution in [0.15, 0.2) is 10.9 Å². The van der Waals surface area contributed by atoms with Gasteiger partial charge < -0.3 is 10.2 Å². The topological polar surface area (TPSA) is 48.5 Å². The fraction of sp³-hybridized carbons (Fsp3) is 0.733. The lowest BCUT2D eigenvalue weighted by Gasteiger charge is -2.34. The van der Waals surface area contributed by atoms with Crippen LogP contribution in [0.3, 0.4) is 0 Å². The highest BCUT2D eigenvalue weighted by Gasteiger charge is 2.23. The van der Waals surface area contributed by atoms with E-state index in [1.165, 1.54) is 6.42 Å². The van der Waals surface area contributed by atoms with Crippen molar-refractivity contribution in [2.24, 2.45) is 5.92 Å². The van der Waals surface area contributed by atoms with Crippen LogP contribution in [-0.4, -0.2) is 60.0 Å². The Morgan fingerprint density at radius 1 is 1.38 bits per heavy atom. The Labute approximate surface area is 130 Å². The molecule has 0 aromatic carbocycles. The fourth-order valence-electron chi connectivity index (χ4n) is 3.15. The Morgan fingerprint density at radius 2 is 2.24 bits per heavy atom. The largest absolute Gasteiger partial charge is 0.340 e. The highest BCUT2D eigenvalue weighted by Crippen LogP contribution is 2.16. The predicted molar refractivity (Wildman–Crippen MR) is 84.2 cm³/mol. The van der Waals surface area contributed by atoms with Gasteiger partial charge in [0.05, 0.1) is 11.2 Å². The lowest BCUT2D eigenvalue weighted by molar-refractivity contribution is -0.133. The molecule has 116 valence electrons. The molecular weight excluding hydrogens is 284 g/mol. The maximum absolute atomic E-state index is 12.3. The van der Waals surface area contributed by atoms with Gasteiger partial charge in [0.2, 0.25) is 5.91 Å². The summed E-state index contributed by atoms with van der Waals surface area (Å²) in [6.45, 7) is 6.79. The lowest BCUT2D eigenvalue weighted by Crippen LogP contribution is -2.48. The first kappa shape index (κ1) is 14.9. The zero-order valence-electron chi connectivity index (χ0n) is 12.5. The van der Waals surface area contributed by atoms with Crippen LogP contribution in [0.5, 0.6) is 0 Å². The number of nitrogens with one attached hydrogen (secondary N) is 1. The van der Waals surface area contributed by atoms with Gasteiger partial charge in [-0.2, -0.15) is 0 Å². The maximum atomic E-state index is 12.3. The van der Waals surface area contributed by atoms with E-state index < -0.39 is 0 Å². The summed E-state index contributed by atoms with van der Waals surface area (Å²) < 4.78 is 0. The quantitative estimate of drug-likeness (QED) is 0.887. The van der Waals surface area contributed by atoms with E-state index in [1.807, 2.05) is 10.4 Å². The number of carbonyl (C=O) groups is 1. The molecule has 1 amide bonds. The number of aromatic nitrogens is 1. The third-order valence-electron chi connectivity index (χ3n) is 4.52. The molecule has 0 bridgehead atoms. The number of piperazine rings is 1. The van der Waals surface area contributed by atoms with Crippen LogP contribution >= 0.6 is 11.3 Å². The van der Waals surface area contributed by atoms with E-state index in [2.05, 4.69) is 20.6 Å². The summed E-state index contributed by atoms with van der Waals surface area (Å²) in [6, 6.07) is 0. The standard InChI is InChI=1S/C15H24N4OS/c20-15(2-1-13-3-4-16-9-13)19-7-5-18(6-8-19)10-14-11-21-12-17-14/h11-13,16H,1-10H2. The van der Waals surface area contributed by atoms with E-state index in [4.69, 9.17) is 0 Å². The van der Waals surface area contributed by atoms with Gasteiger partial charge >= 0.3 is 0 Å². The van der Waals surface area contributed by atoms with Crippen molar-refractivity contribution in [2.75, 3.05) is 39.3 Å². The molecule has 0 radical (unpaired) electrons. The van der Waals surface area contributed by atoms with Gasteiger partial charge in [-0.3, -0.25) is 9.69 Å². The van der Waals surface area contributed by atoms with Gasteiger partial charge in [-0.05, 0) is 31.8 Å². The summed E-state index contributed by atoms with van der Waals surface area (Å²) in [5.74, 6) is 1.05. The van der Waals surface area contributed by atoms with Crippen molar-refractivity contribution in [3.63, 3.8) is 0 Å². The molecule has 0 saturated carbocycles. The average Bonchev–Trinajstić information content (AvgIpc) is 3.19. The van der Waals surface area contributed by atoms with Crippen molar-refractivity contribution in [2.45, 2.75) is 25.8 Å². The number of hydrogen-bond donors (Lipinski definition) is 1.